The zero-order valence-electron chi connectivity index (χ0n) is 16.5. The number of aromatic nitrogens is 2. The number of amides is 1. The number of hydrogen-bond donors (Lipinski definition) is 1. The van der Waals surface area contributed by atoms with Crippen LogP contribution in [0, 0.1) is 0 Å². The lowest BCUT2D eigenvalue weighted by atomic mass is 10.2. The highest BCUT2D eigenvalue weighted by Gasteiger charge is 2.11. The van der Waals surface area contributed by atoms with Crippen LogP contribution in [0.3, 0.4) is 0 Å². The van der Waals surface area contributed by atoms with E-state index in [9.17, 15) is 4.79 Å². The predicted octanol–water partition coefficient (Wildman–Crippen LogP) is 4.36. The SMILES string of the molecule is CCN(CCCNC(=O)CCc1nc(-c2ccc(Cl)cc2)no1)c1ccccc1. The Bertz CT molecular complexity index is 897. The molecule has 1 N–H and O–H groups in total. The molecule has 7 heteroatoms. The highest BCUT2D eigenvalue weighted by atomic mass is 35.5. The first-order chi connectivity index (χ1) is 14.2. The van der Waals surface area contributed by atoms with Crippen LogP contribution in [0.4, 0.5) is 5.69 Å². The van der Waals surface area contributed by atoms with Crippen LogP contribution in [-0.2, 0) is 11.2 Å². The van der Waals surface area contributed by atoms with E-state index in [1.807, 2.05) is 30.3 Å². The second-order valence-corrected chi connectivity index (χ2v) is 7.07. The molecule has 2 aromatic carbocycles. The van der Waals surface area contributed by atoms with E-state index in [0.717, 1.165) is 25.1 Å². The highest BCUT2D eigenvalue weighted by molar-refractivity contribution is 6.30. The first-order valence-electron chi connectivity index (χ1n) is 9.81. The number of hydrogen-bond acceptors (Lipinski definition) is 5. The molecule has 3 aromatic rings. The number of aryl methyl sites for hydroxylation is 1. The molecule has 0 radical (unpaired) electrons. The van der Waals surface area contributed by atoms with Gasteiger partial charge in [-0.25, -0.2) is 0 Å². The fraction of sp³-hybridized carbons (Fsp3) is 0.318. The largest absolute Gasteiger partial charge is 0.372 e. The van der Waals surface area contributed by atoms with E-state index in [-0.39, 0.29) is 5.91 Å². The van der Waals surface area contributed by atoms with Gasteiger partial charge in [0.2, 0.25) is 17.6 Å². The third-order valence-corrected chi connectivity index (χ3v) is 4.82. The van der Waals surface area contributed by atoms with E-state index >= 15 is 0 Å². The van der Waals surface area contributed by atoms with Gasteiger partial charge in [0.15, 0.2) is 0 Å². The first-order valence-corrected chi connectivity index (χ1v) is 10.2. The fourth-order valence-electron chi connectivity index (χ4n) is 2.99. The smallest absolute Gasteiger partial charge is 0.227 e. The summed E-state index contributed by atoms with van der Waals surface area (Å²) in [6.07, 6.45) is 1.62. The molecule has 0 spiro atoms. The molecule has 0 aliphatic heterocycles. The van der Waals surface area contributed by atoms with E-state index in [1.165, 1.54) is 5.69 Å². The molecule has 1 amide bonds. The van der Waals surface area contributed by atoms with Crippen molar-refractivity contribution >= 4 is 23.2 Å². The van der Waals surface area contributed by atoms with Gasteiger partial charge in [-0.05, 0) is 49.7 Å². The van der Waals surface area contributed by atoms with Gasteiger partial charge in [0.25, 0.3) is 0 Å². The number of carbonyl (C=O) groups is 1. The van der Waals surface area contributed by atoms with Gasteiger partial charge in [-0.2, -0.15) is 4.98 Å². The Labute approximate surface area is 175 Å². The van der Waals surface area contributed by atoms with Gasteiger partial charge in [-0.3, -0.25) is 4.79 Å². The molecule has 3 rings (SSSR count). The van der Waals surface area contributed by atoms with Crippen LogP contribution in [-0.4, -0.2) is 35.7 Å². The van der Waals surface area contributed by atoms with Gasteiger partial charge in [0, 0.05) is 48.7 Å². The summed E-state index contributed by atoms with van der Waals surface area (Å²) in [5.41, 5.74) is 2.03. The topological polar surface area (TPSA) is 71.3 Å². The van der Waals surface area contributed by atoms with Gasteiger partial charge in [-0.15, -0.1) is 0 Å². The summed E-state index contributed by atoms with van der Waals surface area (Å²) in [6, 6.07) is 17.5. The maximum Gasteiger partial charge on any atom is 0.227 e. The van der Waals surface area contributed by atoms with Crippen LogP contribution in [0.5, 0.6) is 0 Å². The Balaban J connectivity index is 1.37. The number of nitrogens with zero attached hydrogens (tertiary/aromatic N) is 3. The lowest BCUT2D eigenvalue weighted by Gasteiger charge is -2.23. The monoisotopic (exact) mass is 412 g/mol. The minimum absolute atomic E-state index is 0.0148. The van der Waals surface area contributed by atoms with Crippen LogP contribution in [0.25, 0.3) is 11.4 Å². The Hall–Kier alpha value is -2.86. The third-order valence-electron chi connectivity index (χ3n) is 4.57. The van der Waals surface area contributed by atoms with Crippen molar-refractivity contribution < 1.29 is 9.32 Å². The van der Waals surface area contributed by atoms with Crippen molar-refractivity contribution in [2.24, 2.45) is 0 Å². The Kier molecular flexibility index (Phi) is 7.64. The molecule has 0 aliphatic rings. The predicted molar refractivity (Wildman–Crippen MR) is 115 cm³/mol. The number of nitrogens with one attached hydrogen (secondary N) is 1. The summed E-state index contributed by atoms with van der Waals surface area (Å²) in [6.45, 7) is 4.61. The molecule has 29 heavy (non-hydrogen) atoms. The summed E-state index contributed by atoms with van der Waals surface area (Å²) in [4.78, 5) is 18.7. The summed E-state index contributed by atoms with van der Waals surface area (Å²) in [5, 5.41) is 7.57. The molecule has 0 saturated heterocycles. The molecule has 152 valence electrons. The summed E-state index contributed by atoms with van der Waals surface area (Å²) < 4.78 is 5.24. The van der Waals surface area contributed by atoms with E-state index < -0.39 is 0 Å². The molecule has 0 unspecified atom stereocenters. The van der Waals surface area contributed by atoms with Crippen LogP contribution in [0.15, 0.2) is 59.1 Å². The number of anilines is 1. The average molecular weight is 413 g/mol. The van der Waals surface area contributed by atoms with Gasteiger partial charge in [0.05, 0.1) is 0 Å². The van der Waals surface area contributed by atoms with Gasteiger partial charge >= 0.3 is 0 Å². The summed E-state index contributed by atoms with van der Waals surface area (Å²) in [7, 11) is 0. The standard InChI is InChI=1S/C22H25ClN4O2/c1-2-27(19-7-4-3-5-8-19)16-6-15-24-20(28)13-14-21-25-22(26-29-21)17-9-11-18(23)12-10-17/h3-5,7-12H,2,6,13-16H2,1H3,(H,24,28). The van der Waals surface area contributed by atoms with E-state index in [2.05, 4.69) is 39.4 Å². The first kappa shape index (κ1) is 20.9. The van der Waals surface area contributed by atoms with Crippen LogP contribution in [0.2, 0.25) is 5.02 Å². The molecular weight excluding hydrogens is 388 g/mol. The zero-order chi connectivity index (χ0) is 20.5. The molecule has 1 heterocycles. The van der Waals surface area contributed by atoms with Crippen LogP contribution in [0.1, 0.15) is 25.7 Å². The highest BCUT2D eigenvalue weighted by Crippen LogP contribution is 2.19. The molecule has 6 nitrogen and oxygen atoms in total. The fourth-order valence-corrected chi connectivity index (χ4v) is 3.11. The minimum atomic E-state index is -0.0148. The van der Waals surface area contributed by atoms with E-state index in [0.29, 0.717) is 36.1 Å². The Morgan fingerprint density at radius 2 is 1.90 bits per heavy atom. The third kappa shape index (κ3) is 6.32. The van der Waals surface area contributed by atoms with Crippen molar-refractivity contribution in [2.75, 3.05) is 24.5 Å². The van der Waals surface area contributed by atoms with Gasteiger partial charge < -0.3 is 14.7 Å². The van der Waals surface area contributed by atoms with Crippen molar-refractivity contribution in [1.82, 2.24) is 15.5 Å². The van der Waals surface area contributed by atoms with Crippen molar-refractivity contribution in [3.63, 3.8) is 0 Å². The average Bonchev–Trinajstić information content (AvgIpc) is 3.22. The molecular formula is C22H25ClN4O2. The molecule has 0 saturated carbocycles. The maximum absolute atomic E-state index is 12.1. The Morgan fingerprint density at radius 1 is 1.14 bits per heavy atom. The number of rotatable bonds is 10. The molecule has 0 atom stereocenters. The Morgan fingerprint density at radius 3 is 2.62 bits per heavy atom. The molecule has 0 aliphatic carbocycles. The number of halogens is 1. The maximum atomic E-state index is 12.1. The lowest BCUT2D eigenvalue weighted by Crippen LogP contribution is -2.30. The number of benzene rings is 2. The van der Waals surface area contributed by atoms with Crippen molar-refractivity contribution in [2.45, 2.75) is 26.2 Å². The van der Waals surface area contributed by atoms with E-state index in [4.69, 9.17) is 16.1 Å². The van der Waals surface area contributed by atoms with Gasteiger partial charge in [0.1, 0.15) is 0 Å². The quantitative estimate of drug-likeness (QED) is 0.501. The molecule has 0 bridgehead atoms. The number of carbonyl (C=O) groups excluding carboxylic acids is 1. The molecule has 1 aromatic heterocycles. The molecule has 0 fully saturated rings. The lowest BCUT2D eigenvalue weighted by molar-refractivity contribution is -0.121. The number of para-hydroxylation sites is 1. The normalized spacial score (nSPS) is 10.7. The van der Waals surface area contributed by atoms with Crippen LogP contribution < -0.4 is 10.2 Å². The second kappa shape index (κ2) is 10.6. The summed E-state index contributed by atoms with van der Waals surface area (Å²) >= 11 is 5.89. The van der Waals surface area contributed by atoms with Crippen molar-refractivity contribution in [1.29, 1.82) is 0 Å². The van der Waals surface area contributed by atoms with Crippen molar-refractivity contribution in [3.05, 3.63) is 65.5 Å². The van der Waals surface area contributed by atoms with Crippen LogP contribution >= 0.6 is 11.6 Å². The second-order valence-electron chi connectivity index (χ2n) is 6.64. The van der Waals surface area contributed by atoms with Gasteiger partial charge in [-0.1, -0.05) is 35.0 Å². The minimum Gasteiger partial charge on any atom is -0.372 e. The zero-order valence-corrected chi connectivity index (χ0v) is 17.2. The summed E-state index contributed by atoms with van der Waals surface area (Å²) in [5.74, 6) is 0.933. The van der Waals surface area contributed by atoms with Crippen molar-refractivity contribution in [3.8, 4) is 11.4 Å². The van der Waals surface area contributed by atoms with E-state index in [1.54, 1.807) is 12.1 Å².